The van der Waals surface area contributed by atoms with E-state index in [1.54, 1.807) is 11.8 Å². The van der Waals surface area contributed by atoms with Crippen LogP contribution < -0.4 is 5.32 Å². The molecule has 2 aromatic heterocycles. The number of nitrogens with one attached hydrogen (secondary N) is 1. The van der Waals surface area contributed by atoms with E-state index in [9.17, 15) is 4.79 Å². The van der Waals surface area contributed by atoms with Crippen molar-refractivity contribution in [3.05, 3.63) is 58.7 Å². The number of aromatic nitrogens is 5. The lowest BCUT2D eigenvalue weighted by Gasteiger charge is -2.12. The number of benzene rings is 1. The van der Waals surface area contributed by atoms with Crippen LogP contribution in [0.5, 0.6) is 0 Å². The molecule has 0 aliphatic heterocycles. The van der Waals surface area contributed by atoms with Gasteiger partial charge in [0.25, 0.3) is 5.91 Å². The Kier molecular flexibility index (Phi) is 7.90. The molecule has 0 saturated carbocycles. The van der Waals surface area contributed by atoms with Gasteiger partial charge >= 0.3 is 0 Å². The van der Waals surface area contributed by atoms with Crippen molar-refractivity contribution in [2.45, 2.75) is 58.8 Å². The minimum atomic E-state index is -0.0669. The van der Waals surface area contributed by atoms with E-state index in [2.05, 4.69) is 51.2 Å². The lowest BCUT2D eigenvalue weighted by atomic mass is 10.1. The highest BCUT2D eigenvalue weighted by Crippen LogP contribution is 2.17. The number of hydrogen-bond acceptors (Lipinski definition) is 5. The number of nitrogens with zero attached hydrogens (tertiary/aromatic N) is 5. The fourth-order valence-electron chi connectivity index (χ4n) is 3.68. The molecule has 0 atom stereocenters. The molecule has 0 aliphatic carbocycles. The standard InChI is InChI=1S/C23H32N6OS/c1-16(2)14-28-20(25-26-23(28)31-5)12-9-13-24-22(30)21-17(3)27-29(18(21)4)15-19-10-7-6-8-11-19/h6-8,10-11,16H,9,12-15H2,1-5H3,(H,24,30). The van der Waals surface area contributed by atoms with Crippen LogP contribution >= 0.6 is 11.8 Å². The zero-order valence-electron chi connectivity index (χ0n) is 19.1. The van der Waals surface area contributed by atoms with Gasteiger partial charge in [0.15, 0.2) is 5.16 Å². The molecular formula is C23H32N6OS. The van der Waals surface area contributed by atoms with Crippen molar-refractivity contribution in [2.75, 3.05) is 12.8 Å². The molecule has 0 radical (unpaired) electrons. The molecule has 8 heteroatoms. The van der Waals surface area contributed by atoms with E-state index in [1.165, 1.54) is 0 Å². The largest absolute Gasteiger partial charge is 0.352 e. The quantitative estimate of drug-likeness (QED) is 0.382. The van der Waals surface area contributed by atoms with E-state index in [4.69, 9.17) is 0 Å². The van der Waals surface area contributed by atoms with E-state index in [-0.39, 0.29) is 5.91 Å². The van der Waals surface area contributed by atoms with Crippen LogP contribution in [0.15, 0.2) is 35.5 Å². The van der Waals surface area contributed by atoms with Crippen molar-refractivity contribution >= 4 is 17.7 Å². The molecule has 3 aromatic rings. The maximum atomic E-state index is 12.8. The second kappa shape index (κ2) is 10.6. The Hall–Kier alpha value is -2.61. The molecule has 0 saturated heterocycles. The van der Waals surface area contributed by atoms with Crippen molar-refractivity contribution in [1.82, 2.24) is 29.9 Å². The fourth-order valence-corrected chi connectivity index (χ4v) is 4.20. The van der Waals surface area contributed by atoms with Crippen molar-refractivity contribution in [3.8, 4) is 0 Å². The summed E-state index contributed by atoms with van der Waals surface area (Å²) >= 11 is 1.62. The van der Waals surface area contributed by atoms with Gasteiger partial charge in [0.1, 0.15) is 5.82 Å². The first-order valence-electron chi connectivity index (χ1n) is 10.7. The Labute approximate surface area is 188 Å². The first kappa shape index (κ1) is 23.1. The van der Waals surface area contributed by atoms with Gasteiger partial charge < -0.3 is 9.88 Å². The predicted molar refractivity (Wildman–Crippen MR) is 125 cm³/mol. The normalized spacial score (nSPS) is 11.3. The summed E-state index contributed by atoms with van der Waals surface area (Å²) in [6.07, 6.45) is 3.62. The van der Waals surface area contributed by atoms with E-state index < -0.39 is 0 Å². The zero-order chi connectivity index (χ0) is 22.4. The number of thioether (sulfide) groups is 1. The molecule has 2 heterocycles. The molecule has 0 bridgehead atoms. The molecule has 0 aliphatic rings. The second-order valence-electron chi connectivity index (χ2n) is 8.16. The molecule has 7 nitrogen and oxygen atoms in total. The molecule has 0 fully saturated rings. The first-order chi connectivity index (χ1) is 14.9. The first-order valence-corrected chi connectivity index (χ1v) is 11.9. The van der Waals surface area contributed by atoms with E-state index >= 15 is 0 Å². The smallest absolute Gasteiger partial charge is 0.255 e. The van der Waals surface area contributed by atoms with Gasteiger partial charge in [-0.15, -0.1) is 10.2 Å². The number of hydrogen-bond donors (Lipinski definition) is 1. The van der Waals surface area contributed by atoms with Crippen molar-refractivity contribution in [2.24, 2.45) is 5.92 Å². The average Bonchev–Trinajstić information content (AvgIpc) is 3.25. The summed E-state index contributed by atoms with van der Waals surface area (Å²) < 4.78 is 4.09. The molecule has 1 aromatic carbocycles. The number of carbonyl (C=O) groups excluding carboxylic acids is 1. The highest BCUT2D eigenvalue weighted by Gasteiger charge is 2.19. The minimum absolute atomic E-state index is 0.0669. The fraction of sp³-hybridized carbons (Fsp3) is 0.478. The third kappa shape index (κ3) is 5.76. The number of carbonyl (C=O) groups is 1. The maximum Gasteiger partial charge on any atom is 0.255 e. The van der Waals surface area contributed by atoms with E-state index in [0.29, 0.717) is 24.6 Å². The summed E-state index contributed by atoms with van der Waals surface area (Å²) in [4.78, 5) is 12.8. The zero-order valence-corrected chi connectivity index (χ0v) is 19.9. The van der Waals surface area contributed by atoms with Crippen LogP contribution in [0, 0.1) is 19.8 Å². The van der Waals surface area contributed by atoms with Crippen LogP contribution in [0.2, 0.25) is 0 Å². The molecular weight excluding hydrogens is 408 g/mol. The van der Waals surface area contributed by atoms with Crippen LogP contribution in [0.4, 0.5) is 0 Å². The molecule has 0 spiro atoms. The van der Waals surface area contributed by atoms with Crippen LogP contribution in [0.1, 0.15) is 53.4 Å². The molecule has 1 N–H and O–H groups in total. The Balaban J connectivity index is 1.58. The second-order valence-corrected chi connectivity index (χ2v) is 8.93. The van der Waals surface area contributed by atoms with Gasteiger partial charge in [-0.05, 0) is 38.0 Å². The van der Waals surface area contributed by atoms with Gasteiger partial charge in [0.05, 0.1) is 17.8 Å². The molecule has 1 amide bonds. The number of rotatable bonds is 10. The van der Waals surface area contributed by atoms with E-state index in [0.717, 1.165) is 47.3 Å². The average molecular weight is 441 g/mol. The summed E-state index contributed by atoms with van der Waals surface area (Å²) in [5.41, 5.74) is 3.48. The Morgan fingerprint density at radius 2 is 1.90 bits per heavy atom. The summed E-state index contributed by atoms with van der Waals surface area (Å²) in [5.74, 6) is 1.44. The molecule has 31 heavy (non-hydrogen) atoms. The van der Waals surface area contributed by atoms with Crippen LogP contribution in [0.3, 0.4) is 0 Å². The molecule has 166 valence electrons. The maximum absolute atomic E-state index is 12.8. The minimum Gasteiger partial charge on any atom is -0.352 e. The highest BCUT2D eigenvalue weighted by atomic mass is 32.2. The Morgan fingerprint density at radius 1 is 1.16 bits per heavy atom. The van der Waals surface area contributed by atoms with Gasteiger partial charge in [-0.3, -0.25) is 9.48 Å². The van der Waals surface area contributed by atoms with Crippen LogP contribution in [-0.2, 0) is 19.5 Å². The topological polar surface area (TPSA) is 77.6 Å². The number of aryl methyl sites for hydroxylation is 2. The summed E-state index contributed by atoms with van der Waals surface area (Å²) in [6.45, 7) is 10.4. The van der Waals surface area contributed by atoms with Gasteiger partial charge in [-0.1, -0.05) is 55.9 Å². The third-order valence-electron chi connectivity index (χ3n) is 5.17. The van der Waals surface area contributed by atoms with Gasteiger partial charge in [0, 0.05) is 25.2 Å². The summed E-state index contributed by atoms with van der Waals surface area (Å²) in [7, 11) is 0. The Morgan fingerprint density at radius 3 is 2.58 bits per heavy atom. The predicted octanol–water partition coefficient (Wildman–Crippen LogP) is 3.88. The Bertz CT molecular complexity index is 1010. The monoisotopic (exact) mass is 440 g/mol. The summed E-state index contributed by atoms with van der Waals surface area (Å²) in [6, 6.07) is 10.2. The van der Waals surface area contributed by atoms with Crippen LogP contribution in [-0.4, -0.2) is 43.3 Å². The van der Waals surface area contributed by atoms with E-state index in [1.807, 2.05) is 43.0 Å². The molecule has 3 rings (SSSR count). The lowest BCUT2D eigenvalue weighted by Crippen LogP contribution is -2.26. The van der Waals surface area contributed by atoms with Gasteiger partial charge in [-0.2, -0.15) is 5.10 Å². The van der Waals surface area contributed by atoms with Gasteiger partial charge in [-0.25, -0.2) is 0 Å². The highest BCUT2D eigenvalue weighted by molar-refractivity contribution is 7.98. The summed E-state index contributed by atoms with van der Waals surface area (Å²) in [5, 5.41) is 17.2. The third-order valence-corrected chi connectivity index (χ3v) is 5.84. The SMILES string of the molecule is CSc1nnc(CCCNC(=O)c2c(C)nn(Cc3ccccc3)c2C)n1CC(C)C. The van der Waals surface area contributed by atoms with Crippen LogP contribution in [0.25, 0.3) is 0 Å². The molecule has 0 unspecified atom stereocenters. The number of amides is 1. The van der Waals surface area contributed by atoms with Crippen molar-refractivity contribution in [3.63, 3.8) is 0 Å². The van der Waals surface area contributed by atoms with Crippen molar-refractivity contribution < 1.29 is 4.79 Å². The lowest BCUT2D eigenvalue weighted by molar-refractivity contribution is 0.0952. The van der Waals surface area contributed by atoms with Gasteiger partial charge in [0.2, 0.25) is 0 Å². The van der Waals surface area contributed by atoms with Crippen molar-refractivity contribution in [1.29, 1.82) is 0 Å².